The first-order valence-electron chi connectivity index (χ1n) is 8.97. The fraction of sp³-hybridized carbons (Fsp3) is 0.286. The molecule has 0 saturated carbocycles. The van der Waals surface area contributed by atoms with Crippen LogP contribution in [-0.2, 0) is 11.3 Å². The van der Waals surface area contributed by atoms with Gasteiger partial charge in [-0.2, -0.15) is 4.98 Å². The summed E-state index contributed by atoms with van der Waals surface area (Å²) in [6.07, 6.45) is 0.974. The van der Waals surface area contributed by atoms with Crippen molar-refractivity contribution < 1.29 is 13.7 Å². The molecule has 0 bridgehead atoms. The molecule has 1 unspecified atom stereocenters. The van der Waals surface area contributed by atoms with Crippen LogP contribution < -0.4 is 0 Å². The van der Waals surface area contributed by atoms with Crippen LogP contribution in [0.2, 0.25) is 0 Å². The number of rotatable bonds is 4. The molecule has 1 saturated heterocycles. The van der Waals surface area contributed by atoms with Crippen molar-refractivity contribution in [2.75, 3.05) is 0 Å². The van der Waals surface area contributed by atoms with Gasteiger partial charge in [0.05, 0.1) is 0 Å². The Balaban J connectivity index is 1.61. The maximum absolute atomic E-state index is 14.0. The Hall–Kier alpha value is -3.02. The summed E-state index contributed by atoms with van der Waals surface area (Å²) in [4.78, 5) is 18.5. The minimum atomic E-state index is -0.330. The lowest BCUT2D eigenvalue weighted by Crippen LogP contribution is -2.27. The van der Waals surface area contributed by atoms with Gasteiger partial charge in [-0.05, 0) is 31.9 Å². The minimum absolute atomic E-state index is 0.0329. The zero-order chi connectivity index (χ0) is 19.0. The molecule has 1 aromatic heterocycles. The lowest BCUT2D eigenvalue weighted by molar-refractivity contribution is -0.130. The molecule has 1 atom stereocenters. The Morgan fingerprint density at radius 3 is 2.81 bits per heavy atom. The average molecular weight is 365 g/mol. The third kappa shape index (κ3) is 3.35. The summed E-state index contributed by atoms with van der Waals surface area (Å²) in [6.45, 7) is 4.22. The molecule has 1 aliphatic rings. The van der Waals surface area contributed by atoms with E-state index in [1.807, 2.05) is 26.0 Å². The van der Waals surface area contributed by atoms with E-state index in [0.717, 1.165) is 16.7 Å². The largest absolute Gasteiger partial charge is 0.337 e. The Kier molecular flexibility index (Phi) is 4.48. The molecule has 138 valence electrons. The van der Waals surface area contributed by atoms with Crippen molar-refractivity contribution in [1.82, 2.24) is 15.0 Å². The molecule has 0 N–H and O–H groups in total. The molecule has 1 amide bonds. The summed E-state index contributed by atoms with van der Waals surface area (Å²) in [5, 5.41) is 4.11. The first kappa shape index (κ1) is 17.4. The summed E-state index contributed by atoms with van der Waals surface area (Å²) < 4.78 is 19.5. The zero-order valence-corrected chi connectivity index (χ0v) is 15.3. The van der Waals surface area contributed by atoms with E-state index in [0.29, 0.717) is 30.1 Å². The van der Waals surface area contributed by atoms with Crippen molar-refractivity contribution in [3.8, 4) is 11.4 Å². The van der Waals surface area contributed by atoms with Gasteiger partial charge in [0.25, 0.3) is 0 Å². The Morgan fingerprint density at radius 2 is 2.04 bits per heavy atom. The van der Waals surface area contributed by atoms with E-state index in [2.05, 4.69) is 16.2 Å². The van der Waals surface area contributed by atoms with Gasteiger partial charge in [0.1, 0.15) is 11.9 Å². The van der Waals surface area contributed by atoms with Crippen molar-refractivity contribution in [2.45, 2.75) is 39.3 Å². The second-order valence-corrected chi connectivity index (χ2v) is 6.94. The van der Waals surface area contributed by atoms with Crippen LogP contribution in [0, 0.1) is 19.7 Å². The standard InChI is InChI=1S/C21H20FN3O2/c1-13-7-8-16(14(2)11-13)20-23-21(27-24-20)18-9-10-19(26)25(18)12-15-5-3-4-6-17(15)22/h3-8,11,18H,9-10,12H2,1-2H3. The number of benzene rings is 2. The van der Waals surface area contributed by atoms with Crippen molar-refractivity contribution in [1.29, 1.82) is 0 Å². The van der Waals surface area contributed by atoms with E-state index < -0.39 is 0 Å². The zero-order valence-electron chi connectivity index (χ0n) is 15.3. The van der Waals surface area contributed by atoms with Crippen LogP contribution in [0.25, 0.3) is 11.4 Å². The van der Waals surface area contributed by atoms with Crippen LogP contribution in [0.4, 0.5) is 4.39 Å². The van der Waals surface area contributed by atoms with Crippen molar-refractivity contribution in [3.63, 3.8) is 0 Å². The monoisotopic (exact) mass is 365 g/mol. The van der Waals surface area contributed by atoms with Gasteiger partial charge in [-0.1, -0.05) is 47.1 Å². The van der Waals surface area contributed by atoms with Gasteiger partial charge in [-0.25, -0.2) is 4.39 Å². The molecular weight excluding hydrogens is 345 g/mol. The summed E-state index contributed by atoms with van der Waals surface area (Å²) in [6, 6.07) is 12.2. The minimum Gasteiger partial charge on any atom is -0.337 e. The number of hydrogen-bond acceptors (Lipinski definition) is 4. The highest BCUT2D eigenvalue weighted by Gasteiger charge is 2.36. The van der Waals surface area contributed by atoms with Gasteiger partial charge >= 0.3 is 0 Å². The number of carbonyl (C=O) groups is 1. The summed E-state index contributed by atoms with van der Waals surface area (Å²) in [5.41, 5.74) is 3.61. The highest BCUT2D eigenvalue weighted by atomic mass is 19.1. The quantitative estimate of drug-likeness (QED) is 0.689. The number of nitrogens with zero attached hydrogens (tertiary/aromatic N) is 3. The first-order valence-corrected chi connectivity index (χ1v) is 8.97. The van der Waals surface area contributed by atoms with Gasteiger partial charge in [0, 0.05) is 24.1 Å². The summed E-state index contributed by atoms with van der Waals surface area (Å²) in [5.74, 6) is 0.548. The van der Waals surface area contributed by atoms with Gasteiger partial charge in [-0.15, -0.1) is 0 Å². The molecule has 4 rings (SSSR count). The molecule has 2 heterocycles. The van der Waals surface area contributed by atoms with Gasteiger partial charge in [0.15, 0.2) is 0 Å². The number of likely N-dealkylation sites (tertiary alicyclic amines) is 1. The molecule has 5 nitrogen and oxygen atoms in total. The summed E-state index contributed by atoms with van der Waals surface area (Å²) in [7, 11) is 0. The molecule has 1 aliphatic heterocycles. The summed E-state index contributed by atoms with van der Waals surface area (Å²) >= 11 is 0. The number of carbonyl (C=O) groups excluding carboxylic acids is 1. The fourth-order valence-electron chi connectivity index (χ4n) is 3.54. The van der Waals surface area contributed by atoms with Gasteiger partial charge in [-0.3, -0.25) is 4.79 Å². The third-order valence-corrected chi connectivity index (χ3v) is 4.98. The van der Waals surface area contributed by atoms with Crippen molar-refractivity contribution in [2.24, 2.45) is 0 Å². The number of amides is 1. The number of hydrogen-bond donors (Lipinski definition) is 0. The fourth-order valence-corrected chi connectivity index (χ4v) is 3.54. The van der Waals surface area contributed by atoms with Crippen molar-refractivity contribution in [3.05, 3.63) is 70.9 Å². The molecule has 6 heteroatoms. The van der Waals surface area contributed by atoms with Crippen LogP contribution in [-0.4, -0.2) is 20.9 Å². The maximum Gasteiger partial charge on any atom is 0.249 e. The predicted octanol–water partition coefficient (Wildman–Crippen LogP) is 4.36. The molecule has 2 aromatic carbocycles. The van der Waals surface area contributed by atoms with Crippen molar-refractivity contribution >= 4 is 5.91 Å². The van der Waals surface area contributed by atoms with E-state index in [9.17, 15) is 9.18 Å². The highest BCUT2D eigenvalue weighted by Crippen LogP contribution is 2.34. The van der Waals surface area contributed by atoms with E-state index >= 15 is 0 Å². The van der Waals surface area contributed by atoms with E-state index in [1.54, 1.807) is 23.1 Å². The molecule has 27 heavy (non-hydrogen) atoms. The molecular formula is C21H20FN3O2. The lowest BCUT2D eigenvalue weighted by Gasteiger charge is -2.22. The smallest absolute Gasteiger partial charge is 0.249 e. The second kappa shape index (κ2) is 6.95. The average Bonchev–Trinajstić information content (AvgIpc) is 3.24. The number of aryl methyl sites for hydroxylation is 2. The number of halogens is 1. The van der Waals surface area contributed by atoms with Crippen LogP contribution >= 0.6 is 0 Å². The van der Waals surface area contributed by atoms with Crippen LogP contribution in [0.1, 0.15) is 41.5 Å². The molecule has 1 fully saturated rings. The van der Waals surface area contributed by atoms with Crippen LogP contribution in [0.3, 0.4) is 0 Å². The third-order valence-electron chi connectivity index (χ3n) is 4.98. The molecule has 0 radical (unpaired) electrons. The van der Waals surface area contributed by atoms with Gasteiger partial charge in [0.2, 0.25) is 17.6 Å². The Bertz CT molecular complexity index is 999. The Morgan fingerprint density at radius 1 is 1.22 bits per heavy atom. The lowest BCUT2D eigenvalue weighted by atomic mass is 10.1. The normalized spacial score (nSPS) is 16.9. The van der Waals surface area contributed by atoms with E-state index in [4.69, 9.17) is 4.52 Å². The van der Waals surface area contributed by atoms with Gasteiger partial charge < -0.3 is 9.42 Å². The topological polar surface area (TPSA) is 59.2 Å². The predicted molar refractivity (Wildman–Crippen MR) is 98.1 cm³/mol. The van der Waals surface area contributed by atoms with Crippen LogP contribution in [0.15, 0.2) is 47.0 Å². The Labute approximate surface area is 156 Å². The van der Waals surface area contributed by atoms with Crippen LogP contribution in [0.5, 0.6) is 0 Å². The second-order valence-electron chi connectivity index (χ2n) is 6.94. The molecule has 0 aliphatic carbocycles. The first-order chi connectivity index (χ1) is 13.0. The maximum atomic E-state index is 14.0. The molecule has 3 aromatic rings. The highest BCUT2D eigenvalue weighted by molar-refractivity contribution is 5.79. The number of aromatic nitrogens is 2. The molecule has 0 spiro atoms. The van der Waals surface area contributed by atoms with E-state index in [-0.39, 0.29) is 24.3 Å². The van der Waals surface area contributed by atoms with E-state index in [1.165, 1.54) is 6.07 Å². The SMILES string of the molecule is Cc1ccc(-c2noc(C3CCC(=O)N3Cc3ccccc3F)n2)c(C)c1.